The molecule has 0 amide bonds. The summed E-state index contributed by atoms with van der Waals surface area (Å²) in [7, 11) is -2.63. The molecule has 0 saturated carbocycles. The predicted molar refractivity (Wildman–Crippen MR) is 159 cm³/mol. The summed E-state index contributed by atoms with van der Waals surface area (Å²) in [5.74, 6) is 1.64. The number of aryl methyl sites for hydroxylation is 4. The van der Waals surface area contributed by atoms with Gasteiger partial charge in [0.15, 0.2) is 11.6 Å². The minimum absolute atomic E-state index is 0.00216. The summed E-state index contributed by atoms with van der Waals surface area (Å²) < 4.78 is 41.8. The number of methoxy groups -OCH3 is 1. The molecule has 10 heteroatoms. The van der Waals surface area contributed by atoms with Gasteiger partial charge in [0.25, 0.3) is 10.0 Å². The summed E-state index contributed by atoms with van der Waals surface area (Å²) in [5.41, 5.74) is 5.38. The predicted octanol–water partition coefficient (Wildman–Crippen LogP) is 6.03. The molecule has 0 bridgehead atoms. The van der Waals surface area contributed by atoms with Crippen LogP contribution in [-0.4, -0.2) is 42.7 Å². The lowest BCUT2D eigenvalue weighted by molar-refractivity contribution is 0.100. The molecule has 0 unspecified atom stereocenters. The zero-order chi connectivity index (χ0) is 29.9. The van der Waals surface area contributed by atoms with Crippen molar-refractivity contribution in [2.45, 2.75) is 72.2 Å². The first-order valence-corrected chi connectivity index (χ1v) is 15.2. The van der Waals surface area contributed by atoms with E-state index in [1.54, 1.807) is 39.0 Å². The molecular weight excluding hydrogens is 540 g/mol. The quantitative estimate of drug-likeness (QED) is 0.149. The van der Waals surface area contributed by atoms with E-state index in [0.717, 1.165) is 45.4 Å². The number of imidazole rings is 1. The third-order valence-corrected chi connectivity index (χ3v) is 9.02. The largest absolute Gasteiger partial charge is 0.363 e. The SMILES string of the molecule is CCCc1nc(CC)c(C(C)=O)n1Cc1ccc(-c2ccccc2S(=O)(=O)N(COC)c2noc(C)c2C)c(C)c1. The molecule has 0 fully saturated rings. The third kappa shape index (κ3) is 5.85. The molecule has 0 aliphatic rings. The fraction of sp³-hybridized carbons (Fsp3) is 0.387. The van der Waals surface area contributed by atoms with Crippen molar-refractivity contribution in [2.75, 3.05) is 18.1 Å². The minimum atomic E-state index is -4.07. The average molecular weight is 579 g/mol. The van der Waals surface area contributed by atoms with Crippen molar-refractivity contribution >= 4 is 21.6 Å². The summed E-state index contributed by atoms with van der Waals surface area (Å²) in [6.45, 7) is 11.4. The van der Waals surface area contributed by atoms with Crippen LogP contribution in [0.15, 0.2) is 51.9 Å². The van der Waals surface area contributed by atoms with Gasteiger partial charge in [-0.15, -0.1) is 0 Å². The smallest absolute Gasteiger partial charge is 0.268 e. The zero-order valence-corrected chi connectivity index (χ0v) is 25.6. The monoisotopic (exact) mass is 578 g/mol. The fourth-order valence-corrected chi connectivity index (χ4v) is 6.71. The number of nitrogens with zero attached hydrogens (tertiary/aromatic N) is 4. The zero-order valence-electron chi connectivity index (χ0n) is 24.8. The van der Waals surface area contributed by atoms with E-state index >= 15 is 0 Å². The van der Waals surface area contributed by atoms with E-state index in [9.17, 15) is 13.2 Å². The first-order chi connectivity index (χ1) is 19.5. The topological polar surface area (TPSA) is 108 Å². The minimum Gasteiger partial charge on any atom is -0.363 e. The molecule has 2 heterocycles. The van der Waals surface area contributed by atoms with Crippen molar-refractivity contribution in [3.05, 3.63) is 82.1 Å². The van der Waals surface area contributed by atoms with E-state index in [0.29, 0.717) is 35.5 Å². The van der Waals surface area contributed by atoms with Crippen LogP contribution in [0.1, 0.15) is 71.6 Å². The van der Waals surface area contributed by atoms with E-state index < -0.39 is 10.0 Å². The van der Waals surface area contributed by atoms with E-state index in [-0.39, 0.29) is 23.2 Å². The van der Waals surface area contributed by atoms with E-state index in [4.69, 9.17) is 14.2 Å². The number of anilines is 1. The Morgan fingerprint density at radius 3 is 2.39 bits per heavy atom. The van der Waals surface area contributed by atoms with E-state index in [2.05, 4.69) is 12.1 Å². The number of carbonyl (C=O) groups excluding carboxylic acids is 1. The molecule has 0 spiro atoms. The molecule has 2 aromatic carbocycles. The van der Waals surface area contributed by atoms with Gasteiger partial charge in [-0.2, -0.15) is 0 Å². The fourth-order valence-electron chi connectivity index (χ4n) is 5.12. The van der Waals surface area contributed by atoms with Crippen molar-refractivity contribution in [2.24, 2.45) is 0 Å². The molecular formula is C31H38N4O5S. The molecule has 2 aromatic heterocycles. The highest BCUT2D eigenvalue weighted by Crippen LogP contribution is 2.35. The van der Waals surface area contributed by atoms with Crippen LogP contribution in [-0.2, 0) is 34.1 Å². The molecule has 218 valence electrons. The van der Waals surface area contributed by atoms with Crippen molar-refractivity contribution in [1.82, 2.24) is 14.7 Å². The number of Topliss-reactive ketones (excluding diaryl/α,β-unsaturated/α-hetero) is 1. The summed E-state index contributed by atoms with van der Waals surface area (Å²) >= 11 is 0. The van der Waals surface area contributed by atoms with Crippen LogP contribution in [0.25, 0.3) is 11.1 Å². The molecule has 0 N–H and O–H groups in total. The Bertz CT molecular complexity index is 1670. The Balaban J connectivity index is 1.76. The molecule has 0 saturated heterocycles. The molecule has 4 rings (SSSR count). The molecule has 0 aliphatic carbocycles. The van der Waals surface area contributed by atoms with Crippen LogP contribution in [0.4, 0.5) is 5.82 Å². The highest BCUT2D eigenvalue weighted by atomic mass is 32.2. The maximum atomic E-state index is 14.1. The second-order valence-corrected chi connectivity index (χ2v) is 12.0. The summed E-state index contributed by atoms with van der Waals surface area (Å²) in [6, 6.07) is 12.9. The van der Waals surface area contributed by atoms with Crippen LogP contribution in [0.5, 0.6) is 0 Å². The number of sulfonamides is 1. The van der Waals surface area contributed by atoms with Crippen molar-refractivity contribution in [3.8, 4) is 11.1 Å². The maximum absolute atomic E-state index is 14.1. The van der Waals surface area contributed by atoms with Crippen LogP contribution in [0, 0.1) is 20.8 Å². The van der Waals surface area contributed by atoms with Crippen LogP contribution < -0.4 is 4.31 Å². The molecule has 0 atom stereocenters. The third-order valence-electron chi connectivity index (χ3n) is 7.25. The van der Waals surface area contributed by atoms with E-state index in [1.807, 2.05) is 42.7 Å². The Kier molecular flexibility index (Phi) is 9.14. The highest BCUT2D eigenvalue weighted by Gasteiger charge is 2.32. The molecule has 4 aromatic rings. The number of carbonyl (C=O) groups is 1. The number of ketones is 1. The highest BCUT2D eigenvalue weighted by molar-refractivity contribution is 7.93. The van der Waals surface area contributed by atoms with Gasteiger partial charge in [-0.3, -0.25) is 4.79 Å². The number of benzene rings is 2. The number of aromatic nitrogens is 3. The summed E-state index contributed by atoms with van der Waals surface area (Å²) in [6.07, 6.45) is 2.40. The standard InChI is InChI=1S/C31H38N4O5S/c1-8-12-29-32-27(9-2)30(22(5)36)34(29)18-24-15-16-25(20(3)17-24)26-13-10-11-14-28(26)41(37,38)35(19-39-7)31-21(4)23(6)40-33-31/h10-11,13-17H,8-9,12,18-19H2,1-7H3. The van der Waals surface area contributed by atoms with Gasteiger partial charge in [0, 0.05) is 38.1 Å². The lowest BCUT2D eigenvalue weighted by Gasteiger charge is -2.23. The number of ether oxygens (including phenoxy) is 1. The van der Waals surface area contributed by atoms with Crippen molar-refractivity contribution < 1.29 is 22.5 Å². The van der Waals surface area contributed by atoms with Crippen molar-refractivity contribution in [3.63, 3.8) is 0 Å². The van der Waals surface area contributed by atoms with Gasteiger partial charge < -0.3 is 13.8 Å². The van der Waals surface area contributed by atoms with Crippen LogP contribution in [0.2, 0.25) is 0 Å². The Morgan fingerprint density at radius 1 is 1.07 bits per heavy atom. The first kappa shape index (κ1) is 30.2. The summed E-state index contributed by atoms with van der Waals surface area (Å²) in [4.78, 5) is 17.5. The maximum Gasteiger partial charge on any atom is 0.268 e. The second kappa shape index (κ2) is 12.4. The van der Waals surface area contributed by atoms with E-state index in [1.165, 1.54) is 7.11 Å². The second-order valence-electron chi connectivity index (χ2n) is 10.2. The van der Waals surface area contributed by atoms with Gasteiger partial charge in [-0.05, 0) is 56.4 Å². The van der Waals surface area contributed by atoms with Crippen molar-refractivity contribution in [1.29, 1.82) is 0 Å². The summed E-state index contributed by atoms with van der Waals surface area (Å²) in [5, 5.41) is 4.01. The molecule has 9 nitrogen and oxygen atoms in total. The van der Waals surface area contributed by atoms with Crippen LogP contribution >= 0.6 is 0 Å². The lowest BCUT2D eigenvalue weighted by Crippen LogP contribution is -2.34. The first-order valence-electron chi connectivity index (χ1n) is 13.8. The molecule has 41 heavy (non-hydrogen) atoms. The Morgan fingerprint density at radius 2 is 1.80 bits per heavy atom. The van der Waals surface area contributed by atoms with Gasteiger partial charge in [-0.25, -0.2) is 17.7 Å². The van der Waals surface area contributed by atoms with Gasteiger partial charge in [0.05, 0.1) is 10.6 Å². The van der Waals surface area contributed by atoms with Gasteiger partial charge >= 0.3 is 0 Å². The normalized spacial score (nSPS) is 11.7. The van der Waals surface area contributed by atoms with Gasteiger partial charge in [0.2, 0.25) is 0 Å². The van der Waals surface area contributed by atoms with Gasteiger partial charge in [0.1, 0.15) is 24.0 Å². The molecule has 0 aliphatic heterocycles. The van der Waals surface area contributed by atoms with Gasteiger partial charge in [-0.1, -0.05) is 55.4 Å². The number of hydrogen-bond donors (Lipinski definition) is 0. The Hall–Kier alpha value is -3.76. The molecule has 0 radical (unpaired) electrons. The van der Waals surface area contributed by atoms with Crippen LogP contribution in [0.3, 0.4) is 0 Å². The Labute approximate surface area is 242 Å². The number of hydrogen-bond acceptors (Lipinski definition) is 7. The lowest BCUT2D eigenvalue weighted by atomic mass is 9.98. The number of rotatable bonds is 12. The average Bonchev–Trinajstić information content (AvgIpc) is 3.46.